The van der Waals surface area contributed by atoms with Gasteiger partial charge < -0.3 is 15.4 Å². The minimum absolute atomic E-state index is 0.00157. The fourth-order valence-electron chi connectivity index (χ4n) is 2.08. The fourth-order valence-corrected chi connectivity index (χ4v) is 2.08. The van der Waals surface area contributed by atoms with Gasteiger partial charge in [0, 0.05) is 11.8 Å². The van der Waals surface area contributed by atoms with Crippen LogP contribution in [0.2, 0.25) is 0 Å². The van der Waals surface area contributed by atoms with Crippen molar-refractivity contribution in [2.45, 2.75) is 25.3 Å². The lowest BCUT2D eigenvalue weighted by molar-refractivity contribution is -0.118. The quantitative estimate of drug-likeness (QED) is 0.862. The standard InChI is InChI=1S/C14H17N3O2/c15-7-9-19-12-5-3-4-11(10-12)17-14(18)13-6-1-2-8-16-13/h3-5,10,13,16H,1-2,6,8-9H2,(H,17,18). The van der Waals surface area contributed by atoms with Crippen LogP contribution >= 0.6 is 0 Å². The molecular formula is C14H17N3O2. The maximum atomic E-state index is 12.0. The third-order valence-corrected chi connectivity index (χ3v) is 3.03. The number of hydrogen-bond donors (Lipinski definition) is 2. The molecule has 1 aromatic rings. The third kappa shape index (κ3) is 3.97. The van der Waals surface area contributed by atoms with E-state index in [0.717, 1.165) is 25.8 Å². The number of carbonyl (C=O) groups is 1. The number of anilines is 1. The minimum atomic E-state index is -0.113. The van der Waals surface area contributed by atoms with Crippen LogP contribution in [0.3, 0.4) is 0 Å². The fraction of sp³-hybridized carbons (Fsp3) is 0.429. The van der Waals surface area contributed by atoms with E-state index >= 15 is 0 Å². The van der Waals surface area contributed by atoms with Gasteiger partial charge in [-0.25, -0.2) is 0 Å². The highest BCUT2D eigenvalue weighted by Crippen LogP contribution is 2.18. The summed E-state index contributed by atoms with van der Waals surface area (Å²) < 4.78 is 5.19. The average Bonchev–Trinajstić information content (AvgIpc) is 2.46. The van der Waals surface area contributed by atoms with E-state index in [-0.39, 0.29) is 18.6 Å². The molecule has 1 atom stereocenters. The van der Waals surface area contributed by atoms with Crippen LogP contribution in [-0.4, -0.2) is 25.1 Å². The summed E-state index contributed by atoms with van der Waals surface area (Å²) in [5.41, 5.74) is 0.688. The summed E-state index contributed by atoms with van der Waals surface area (Å²) in [6.45, 7) is 0.894. The number of amides is 1. The SMILES string of the molecule is N#CCOc1cccc(NC(=O)C2CCCCN2)c1. The van der Waals surface area contributed by atoms with Crippen molar-refractivity contribution in [2.24, 2.45) is 0 Å². The third-order valence-electron chi connectivity index (χ3n) is 3.03. The van der Waals surface area contributed by atoms with Crippen LogP contribution < -0.4 is 15.4 Å². The molecule has 1 fully saturated rings. The molecule has 1 unspecified atom stereocenters. The topological polar surface area (TPSA) is 74.1 Å². The normalized spacial score (nSPS) is 18.4. The monoisotopic (exact) mass is 259 g/mol. The molecule has 0 radical (unpaired) electrons. The van der Waals surface area contributed by atoms with E-state index in [9.17, 15) is 4.79 Å². The second kappa shape index (κ2) is 6.76. The molecule has 1 aromatic carbocycles. The van der Waals surface area contributed by atoms with Crippen LogP contribution in [0.15, 0.2) is 24.3 Å². The number of benzene rings is 1. The van der Waals surface area contributed by atoms with Crippen molar-refractivity contribution in [3.8, 4) is 11.8 Å². The number of piperidine rings is 1. The van der Waals surface area contributed by atoms with Gasteiger partial charge in [0.25, 0.3) is 0 Å². The zero-order valence-corrected chi connectivity index (χ0v) is 10.7. The van der Waals surface area contributed by atoms with E-state index in [0.29, 0.717) is 11.4 Å². The van der Waals surface area contributed by atoms with Crippen molar-refractivity contribution >= 4 is 11.6 Å². The summed E-state index contributed by atoms with van der Waals surface area (Å²) in [5, 5.41) is 14.5. The van der Waals surface area contributed by atoms with Crippen molar-refractivity contribution in [3.63, 3.8) is 0 Å². The lowest BCUT2D eigenvalue weighted by Crippen LogP contribution is -2.43. The Morgan fingerprint density at radius 1 is 1.53 bits per heavy atom. The molecule has 0 aromatic heterocycles. The second-order valence-electron chi connectivity index (χ2n) is 4.47. The number of nitriles is 1. The summed E-state index contributed by atoms with van der Waals surface area (Å²) >= 11 is 0. The lowest BCUT2D eigenvalue weighted by Gasteiger charge is -2.22. The number of hydrogen-bond acceptors (Lipinski definition) is 4. The largest absolute Gasteiger partial charge is 0.479 e. The molecule has 1 amide bonds. The highest BCUT2D eigenvalue weighted by atomic mass is 16.5. The van der Waals surface area contributed by atoms with Crippen molar-refractivity contribution in [3.05, 3.63) is 24.3 Å². The predicted octanol–water partition coefficient (Wildman–Crippen LogP) is 1.67. The molecule has 1 saturated heterocycles. The molecule has 1 heterocycles. The number of ether oxygens (including phenoxy) is 1. The van der Waals surface area contributed by atoms with Gasteiger partial charge in [-0.1, -0.05) is 12.5 Å². The molecule has 100 valence electrons. The van der Waals surface area contributed by atoms with Crippen LogP contribution in [0.1, 0.15) is 19.3 Å². The highest BCUT2D eigenvalue weighted by molar-refractivity contribution is 5.95. The molecule has 2 N–H and O–H groups in total. The van der Waals surface area contributed by atoms with E-state index in [4.69, 9.17) is 10.00 Å². The Labute approximate surface area is 112 Å². The first-order chi connectivity index (χ1) is 9.29. The summed E-state index contributed by atoms with van der Waals surface area (Å²) in [6, 6.07) is 8.87. The Balaban J connectivity index is 1.94. The van der Waals surface area contributed by atoms with Gasteiger partial charge in [0.15, 0.2) is 6.61 Å². The zero-order valence-electron chi connectivity index (χ0n) is 10.7. The Bertz CT molecular complexity index is 476. The summed E-state index contributed by atoms with van der Waals surface area (Å²) in [5.74, 6) is 0.563. The number of nitrogens with one attached hydrogen (secondary N) is 2. The molecule has 2 rings (SSSR count). The number of carbonyl (C=O) groups excluding carboxylic acids is 1. The van der Waals surface area contributed by atoms with Crippen LogP contribution in [0, 0.1) is 11.3 Å². The van der Waals surface area contributed by atoms with Crippen LogP contribution in [-0.2, 0) is 4.79 Å². The molecule has 0 bridgehead atoms. The second-order valence-corrected chi connectivity index (χ2v) is 4.47. The van der Waals surface area contributed by atoms with E-state index in [2.05, 4.69) is 10.6 Å². The van der Waals surface area contributed by atoms with Gasteiger partial charge in [-0.2, -0.15) is 5.26 Å². The summed E-state index contributed by atoms with van der Waals surface area (Å²) in [7, 11) is 0. The maximum Gasteiger partial charge on any atom is 0.241 e. The van der Waals surface area contributed by atoms with Crippen molar-refractivity contribution in [2.75, 3.05) is 18.5 Å². The Hall–Kier alpha value is -2.06. The molecule has 0 aliphatic carbocycles. The van der Waals surface area contributed by atoms with Crippen LogP contribution in [0.4, 0.5) is 5.69 Å². The van der Waals surface area contributed by atoms with Gasteiger partial charge in [-0.15, -0.1) is 0 Å². The molecule has 5 heteroatoms. The van der Waals surface area contributed by atoms with Crippen molar-refractivity contribution in [1.29, 1.82) is 5.26 Å². The van der Waals surface area contributed by atoms with Crippen molar-refractivity contribution < 1.29 is 9.53 Å². The lowest BCUT2D eigenvalue weighted by atomic mass is 10.0. The van der Waals surface area contributed by atoms with Crippen molar-refractivity contribution in [1.82, 2.24) is 5.32 Å². The van der Waals surface area contributed by atoms with Gasteiger partial charge >= 0.3 is 0 Å². The first kappa shape index (κ1) is 13.4. The Kier molecular flexibility index (Phi) is 4.76. The molecule has 5 nitrogen and oxygen atoms in total. The summed E-state index contributed by atoms with van der Waals surface area (Å²) in [6.07, 6.45) is 3.08. The first-order valence-electron chi connectivity index (χ1n) is 6.43. The van der Waals surface area contributed by atoms with Gasteiger partial charge in [-0.05, 0) is 31.5 Å². The van der Waals surface area contributed by atoms with E-state index in [1.54, 1.807) is 24.3 Å². The van der Waals surface area contributed by atoms with Crippen LogP contribution in [0.25, 0.3) is 0 Å². The van der Waals surface area contributed by atoms with Gasteiger partial charge in [0.1, 0.15) is 11.8 Å². The predicted molar refractivity (Wildman–Crippen MR) is 71.8 cm³/mol. The van der Waals surface area contributed by atoms with Gasteiger partial charge in [0.05, 0.1) is 6.04 Å². The molecule has 0 saturated carbocycles. The maximum absolute atomic E-state index is 12.0. The zero-order chi connectivity index (χ0) is 13.5. The van der Waals surface area contributed by atoms with Crippen LogP contribution in [0.5, 0.6) is 5.75 Å². The summed E-state index contributed by atoms with van der Waals surface area (Å²) in [4.78, 5) is 12.0. The Morgan fingerprint density at radius 2 is 2.42 bits per heavy atom. The molecule has 1 aliphatic heterocycles. The number of nitrogens with zero attached hydrogens (tertiary/aromatic N) is 1. The highest BCUT2D eigenvalue weighted by Gasteiger charge is 2.20. The van der Waals surface area contributed by atoms with Gasteiger partial charge in [0.2, 0.25) is 5.91 Å². The molecule has 1 aliphatic rings. The van der Waals surface area contributed by atoms with E-state index in [1.807, 2.05) is 6.07 Å². The number of rotatable bonds is 4. The van der Waals surface area contributed by atoms with Gasteiger partial charge in [-0.3, -0.25) is 4.79 Å². The molecule has 19 heavy (non-hydrogen) atoms. The molecular weight excluding hydrogens is 242 g/mol. The van der Waals surface area contributed by atoms with E-state index < -0.39 is 0 Å². The van der Waals surface area contributed by atoms with E-state index in [1.165, 1.54) is 0 Å². The smallest absolute Gasteiger partial charge is 0.241 e. The first-order valence-corrected chi connectivity index (χ1v) is 6.43. The minimum Gasteiger partial charge on any atom is -0.479 e. The average molecular weight is 259 g/mol. The molecule has 0 spiro atoms. The Morgan fingerprint density at radius 3 is 3.16 bits per heavy atom.